The van der Waals surface area contributed by atoms with Gasteiger partial charge in [0, 0.05) is 13.1 Å². The molecule has 0 aliphatic carbocycles. The summed E-state index contributed by atoms with van der Waals surface area (Å²) in [6.45, 7) is 5.54. The number of nitrogens with zero attached hydrogens (tertiary/aromatic N) is 1. The zero-order chi connectivity index (χ0) is 19.6. The lowest BCUT2D eigenvalue weighted by Gasteiger charge is -2.34. The number of amides is 1. The van der Waals surface area contributed by atoms with Gasteiger partial charge in [-0.1, -0.05) is 6.07 Å². The van der Waals surface area contributed by atoms with Gasteiger partial charge in [0.1, 0.15) is 11.4 Å². The van der Waals surface area contributed by atoms with Crippen LogP contribution >= 0.6 is 0 Å². The maximum Gasteiger partial charge on any atom is 0.356 e. The average Bonchev–Trinajstić information content (AvgIpc) is 2.98. The number of esters is 1. The molecule has 1 aliphatic rings. The molecule has 8 heteroatoms. The van der Waals surface area contributed by atoms with Crippen LogP contribution in [-0.2, 0) is 14.3 Å². The number of ether oxygens (including phenoxy) is 3. The largest absolute Gasteiger partial charge is 0.496 e. The van der Waals surface area contributed by atoms with Crippen molar-refractivity contribution < 1.29 is 23.8 Å². The van der Waals surface area contributed by atoms with Crippen molar-refractivity contribution in [3.05, 3.63) is 23.9 Å². The normalized spacial score (nSPS) is 20.4. The Balaban J connectivity index is 1.88. The molecule has 3 rings (SSSR count). The number of benzene rings is 1. The number of aromatic nitrogens is 1. The van der Waals surface area contributed by atoms with E-state index in [1.807, 2.05) is 24.8 Å². The molecule has 1 aliphatic heterocycles. The van der Waals surface area contributed by atoms with Crippen molar-refractivity contribution in [2.75, 3.05) is 39.2 Å². The van der Waals surface area contributed by atoms with E-state index in [1.54, 1.807) is 19.2 Å². The molecule has 2 aromatic rings. The molecular weight excluding hydrogens is 350 g/mol. The highest BCUT2D eigenvalue weighted by Crippen LogP contribution is 2.35. The van der Waals surface area contributed by atoms with Gasteiger partial charge in [-0.25, -0.2) is 4.79 Å². The summed E-state index contributed by atoms with van der Waals surface area (Å²) in [5, 5.41) is 3.50. The van der Waals surface area contributed by atoms with Crippen LogP contribution in [0.2, 0.25) is 0 Å². The van der Waals surface area contributed by atoms with Gasteiger partial charge in [0.2, 0.25) is 5.91 Å². The van der Waals surface area contributed by atoms with Crippen LogP contribution in [0.4, 0.5) is 5.69 Å². The van der Waals surface area contributed by atoms with E-state index in [0.717, 1.165) is 0 Å². The van der Waals surface area contributed by atoms with Crippen molar-refractivity contribution in [2.45, 2.75) is 26.1 Å². The first-order valence-electron chi connectivity index (χ1n) is 8.87. The van der Waals surface area contributed by atoms with E-state index in [0.29, 0.717) is 35.4 Å². The molecule has 27 heavy (non-hydrogen) atoms. The van der Waals surface area contributed by atoms with Crippen molar-refractivity contribution in [2.24, 2.45) is 0 Å². The SMILES string of the molecule is COC(=O)c1[nH]c2cccc(OC)c2c1NC(=O)CN1C[C@@H](C)O[C@H](C)C1. The third-order valence-electron chi connectivity index (χ3n) is 4.52. The Morgan fingerprint density at radius 2 is 1.96 bits per heavy atom. The smallest absolute Gasteiger partial charge is 0.356 e. The molecule has 1 amide bonds. The molecule has 0 saturated carbocycles. The number of anilines is 1. The van der Waals surface area contributed by atoms with Gasteiger partial charge < -0.3 is 24.5 Å². The predicted molar refractivity (Wildman–Crippen MR) is 101 cm³/mol. The van der Waals surface area contributed by atoms with Crippen LogP contribution in [0.1, 0.15) is 24.3 Å². The van der Waals surface area contributed by atoms with Crippen LogP contribution in [0.25, 0.3) is 10.9 Å². The van der Waals surface area contributed by atoms with Crippen molar-refractivity contribution >= 4 is 28.5 Å². The molecule has 0 spiro atoms. The number of methoxy groups -OCH3 is 2. The van der Waals surface area contributed by atoms with Gasteiger partial charge >= 0.3 is 5.97 Å². The third-order valence-corrected chi connectivity index (χ3v) is 4.52. The van der Waals surface area contributed by atoms with Crippen molar-refractivity contribution in [3.63, 3.8) is 0 Å². The summed E-state index contributed by atoms with van der Waals surface area (Å²) in [7, 11) is 2.84. The third kappa shape index (κ3) is 4.06. The lowest BCUT2D eigenvalue weighted by Crippen LogP contribution is -2.48. The molecule has 1 aromatic heterocycles. The maximum atomic E-state index is 12.7. The van der Waals surface area contributed by atoms with Gasteiger partial charge in [0.25, 0.3) is 0 Å². The number of hydrogen-bond acceptors (Lipinski definition) is 6. The topological polar surface area (TPSA) is 92.9 Å². The van der Waals surface area contributed by atoms with Crippen LogP contribution in [0.15, 0.2) is 18.2 Å². The van der Waals surface area contributed by atoms with Gasteiger partial charge in [-0.2, -0.15) is 0 Å². The highest BCUT2D eigenvalue weighted by atomic mass is 16.5. The Morgan fingerprint density at radius 3 is 2.59 bits per heavy atom. The Morgan fingerprint density at radius 1 is 1.26 bits per heavy atom. The van der Waals surface area contributed by atoms with E-state index >= 15 is 0 Å². The molecule has 0 radical (unpaired) electrons. The summed E-state index contributed by atoms with van der Waals surface area (Å²) in [4.78, 5) is 29.9. The second-order valence-electron chi connectivity index (χ2n) is 6.75. The molecule has 2 heterocycles. The molecule has 0 bridgehead atoms. The fourth-order valence-corrected chi connectivity index (χ4v) is 3.56. The van der Waals surface area contributed by atoms with Crippen molar-refractivity contribution in [1.82, 2.24) is 9.88 Å². The number of fused-ring (bicyclic) bond motifs is 1. The van der Waals surface area contributed by atoms with E-state index in [-0.39, 0.29) is 30.4 Å². The quantitative estimate of drug-likeness (QED) is 0.777. The van der Waals surface area contributed by atoms with Gasteiger partial charge in [-0.3, -0.25) is 9.69 Å². The number of hydrogen-bond donors (Lipinski definition) is 2. The van der Waals surface area contributed by atoms with Crippen molar-refractivity contribution in [1.29, 1.82) is 0 Å². The Bertz CT molecular complexity index is 837. The lowest BCUT2D eigenvalue weighted by atomic mass is 10.2. The molecule has 2 atom stereocenters. The van der Waals surface area contributed by atoms with Gasteiger partial charge in [-0.05, 0) is 26.0 Å². The zero-order valence-corrected chi connectivity index (χ0v) is 16.0. The maximum absolute atomic E-state index is 12.7. The molecule has 1 fully saturated rings. The van der Waals surface area contributed by atoms with Crippen LogP contribution in [0, 0.1) is 0 Å². The molecular formula is C19H25N3O5. The summed E-state index contributed by atoms with van der Waals surface area (Å²) in [5.74, 6) is -0.215. The minimum Gasteiger partial charge on any atom is -0.496 e. The van der Waals surface area contributed by atoms with Gasteiger partial charge in [0.05, 0.1) is 49.6 Å². The van der Waals surface area contributed by atoms with Crippen LogP contribution in [-0.4, -0.2) is 67.8 Å². The summed E-state index contributed by atoms with van der Waals surface area (Å²) >= 11 is 0. The molecule has 146 valence electrons. The lowest BCUT2D eigenvalue weighted by molar-refractivity contribution is -0.121. The van der Waals surface area contributed by atoms with Gasteiger partial charge in [0.15, 0.2) is 0 Å². The standard InChI is InChI=1S/C19H25N3O5/c1-11-8-22(9-12(2)27-11)10-15(23)21-17-16-13(6-5-7-14(16)25-3)20-18(17)19(24)26-4/h5-7,11-12,20H,8-10H2,1-4H3,(H,21,23)/t11-,12-/m1/s1. The van der Waals surface area contributed by atoms with E-state index < -0.39 is 5.97 Å². The number of carbonyl (C=O) groups is 2. The van der Waals surface area contributed by atoms with Gasteiger partial charge in [-0.15, -0.1) is 0 Å². The minimum atomic E-state index is -0.558. The van der Waals surface area contributed by atoms with Crippen molar-refractivity contribution in [3.8, 4) is 5.75 Å². The zero-order valence-electron chi connectivity index (χ0n) is 16.0. The van der Waals surface area contributed by atoms with E-state index in [1.165, 1.54) is 7.11 Å². The van der Waals surface area contributed by atoms with E-state index in [2.05, 4.69) is 10.3 Å². The Kier molecular flexibility index (Phi) is 5.67. The van der Waals surface area contributed by atoms with Crippen LogP contribution in [0.5, 0.6) is 5.75 Å². The number of carbonyl (C=O) groups excluding carboxylic acids is 2. The molecule has 1 saturated heterocycles. The Hall–Kier alpha value is -2.58. The van der Waals surface area contributed by atoms with E-state index in [9.17, 15) is 9.59 Å². The Labute approximate surface area is 157 Å². The second-order valence-corrected chi connectivity index (χ2v) is 6.75. The number of H-pyrrole nitrogens is 1. The monoisotopic (exact) mass is 375 g/mol. The molecule has 8 nitrogen and oxygen atoms in total. The first-order chi connectivity index (χ1) is 12.9. The minimum absolute atomic E-state index is 0.0698. The second kappa shape index (κ2) is 7.98. The fourth-order valence-electron chi connectivity index (χ4n) is 3.56. The predicted octanol–water partition coefficient (Wildman–Crippen LogP) is 2.01. The highest BCUT2D eigenvalue weighted by molar-refractivity contribution is 6.13. The number of nitrogens with one attached hydrogen (secondary N) is 2. The summed E-state index contributed by atoms with van der Waals surface area (Å²) < 4.78 is 16.0. The number of morpholine rings is 1. The molecule has 2 N–H and O–H groups in total. The van der Waals surface area contributed by atoms with E-state index in [4.69, 9.17) is 14.2 Å². The van der Waals surface area contributed by atoms with Crippen LogP contribution in [0.3, 0.4) is 0 Å². The summed E-state index contributed by atoms with van der Waals surface area (Å²) in [6.07, 6.45) is 0.140. The fraction of sp³-hybridized carbons (Fsp3) is 0.474. The summed E-state index contributed by atoms with van der Waals surface area (Å²) in [5.41, 5.74) is 1.24. The number of rotatable bonds is 5. The van der Waals surface area contributed by atoms with Crippen LogP contribution < -0.4 is 10.1 Å². The average molecular weight is 375 g/mol. The highest BCUT2D eigenvalue weighted by Gasteiger charge is 2.26. The summed E-state index contributed by atoms with van der Waals surface area (Å²) in [6, 6.07) is 5.39. The first-order valence-corrected chi connectivity index (χ1v) is 8.87. The number of aromatic amines is 1. The molecule has 0 unspecified atom stereocenters. The first kappa shape index (κ1) is 19.2. The molecule has 1 aromatic carbocycles.